The first kappa shape index (κ1) is 11.7. The van der Waals surface area contributed by atoms with E-state index in [4.69, 9.17) is 0 Å². The second-order valence-electron chi connectivity index (χ2n) is 1.61. The molecule has 2 heteroatoms. The zero-order valence-electron chi connectivity index (χ0n) is 6.24. The van der Waals surface area contributed by atoms with Gasteiger partial charge in [0.2, 0.25) is 0 Å². The number of thioether (sulfide) groups is 1. The first-order valence-electron chi connectivity index (χ1n) is 2.99. The van der Waals surface area contributed by atoms with Gasteiger partial charge in [0.1, 0.15) is 0 Å². The number of hydrogen-bond acceptors (Lipinski definition) is 1. The van der Waals surface area contributed by atoms with Gasteiger partial charge >= 0.3 is 0 Å². The number of rotatable bonds is 4. The molecular weight excluding hydrogens is 111 g/mol. The van der Waals surface area contributed by atoms with Gasteiger partial charge in [0.15, 0.2) is 0 Å². The summed E-state index contributed by atoms with van der Waals surface area (Å²) in [5.74, 6) is 2.68. The molecule has 0 atom stereocenters. The van der Waals surface area contributed by atoms with E-state index >= 15 is 0 Å². The van der Waals surface area contributed by atoms with Gasteiger partial charge in [-0.05, 0) is 24.3 Å². The normalized spacial score (nSPS) is 8.25. The van der Waals surface area contributed by atoms with Crippen LogP contribution in [0.5, 0.6) is 0 Å². The van der Waals surface area contributed by atoms with Crippen LogP contribution >= 0.6 is 11.8 Å². The molecule has 0 rings (SSSR count). The summed E-state index contributed by atoms with van der Waals surface area (Å²) >= 11 is 2.05. The van der Waals surface area contributed by atoms with Crippen molar-refractivity contribution in [3.05, 3.63) is 0 Å². The Labute approximate surface area is 69.0 Å². The standard InChI is InChI=1S/C6H14S.Li/c1-3-5-7-6-4-2;/h3-6H2,1-2H3;. The van der Waals surface area contributed by atoms with Crippen LogP contribution in [0, 0.1) is 0 Å². The van der Waals surface area contributed by atoms with E-state index in [0.717, 1.165) is 0 Å². The van der Waals surface area contributed by atoms with Crippen LogP contribution in [-0.2, 0) is 0 Å². The van der Waals surface area contributed by atoms with Crippen LogP contribution in [0.3, 0.4) is 0 Å². The molecule has 0 aliphatic carbocycles. The van der Waals surface area contributed by atoms with E-state index in [9.17, 15) is 0 Å². The molecule has 0 aromatic carbocycles. The molecule has 0 nitrogen and oxygen atoms in total. The number of hydrogen-bond donors (Lipinski definition) is 0. The topological polar surface area (TPSA) is 0 Å². The fourth-order valence-electron chi connectivity index (χ4n) is 0.391. The van der Waals surface area contributed by atoms with Crippen LogP contribution in [-0.4, -0.2) is 30.4 Å². The molecule has 0 aliphatic rings. The van der Waals surface area contributed by atoms with Crippen molar-refractivity contribution in [2.75, 3.05) is 11.5 Å². The van der Waals surface area contributed by atoms with Crippen LogP contribution in [0.15, 0.2) is 0 Å². The summed E-state index contributed by atoms with van der Waals surface area (Å²) < 4.78 is 0. The predicted molar refractivity (Wildman–Crippen MR) is 43.7 cm³/mol. The first-order valence-corrected chi connectivity index (χ1v) is 4.15. The molecule has 0 unspecified atom stereocenters. The van der Waals surface area contributed by atoms with Gasteiger partial charge in [-0.3, -0.25) is 0 Å². The first-order chi connectivity index (χ1) is 3.41. The molecule has 0 aromatic heterocycles. The van der Waals surface area contributed by atoms with Crippen molar-refractivity contribution in [2.24, 2.45) is 0 Å². The van der Waals surface area contributed by atoms with E-state index in [1.54, 1.807) is 0 Å². The summed E-state index contributed by atoms with van der Waals surface area (Å²) in [5.41, 5.74) is 0. The minimum Gasteiger partial charge on any atom is -0.162 e. The third-order valence-electron chi connectivity index (χ3n) is 0.697. The second-order valence-corrected chi connectivity index (χ2v) is 2.84. The Hall–Kier alpha value is 0.947. The Morgan fingerprint density at radius 2 is 1.38 bits per heavy atom. The molecule has 0 N–H and O–H groups in total. The maximum Gasteiger partial charge on any atom is 0 e. The van der Waals surface area contributed by atoms with Crippen molar-refractivity contribution >= 4 is 30.6 Å². The molecule has 0 bridgehead atoms. The summed E-state index contributed by atoms with van der Waals surface area (Å²) in [6.07, 6.45) is 2.65. The third-order valence-corrected chi connectivity index (χ3v) is 2.09. The SMILES string of the molecule is CCCSCCC.[Li]. The van der Waals surface area contributed by atoms with Crippen LogP contribution in [0.2, 0.25) is 0 Å². The zero-order valence-corrected chi connectivity index (χ0v) is 7.05. The van der Waals surface area contributed by atoms with Gasteiger partial charge in [-0.2, -0.15) is 11.8 Å². The Morgan fingerprint density at radius 3 is 1.62 bits per heavy atom. The second kappa shape index (κ2) is 10.8. The van der Waals surface area contributed by atoms with Gasteiger partial charge < -0.3 is 0 Å². The van der Waals surface area contributed by atoms with Crippen molar-refractivity contribution in [3.63, 3.8) is 0 Å². The van der Waals surface area contributed by atoms with Gasteiger partial charge in [-0.1, -0.05) is 13.8 Å². The van der Waals surface area contributed by atoms with Crippen molar-refractivity contribution < 1.29 is 0 Å². The molecular formula is C6H14LiS. The van der Waals surface area contributed by atoms with E-state index in [-0.39, 0.29) is 18.9 Å². The fourth-order valence-corrected chi connectivity index (χ4v) is 1.17. The molecule has 0 aliphatic heterocycles. The summed E-state index contributed by atoms with van der Waals surface area (Å²) in [5, 5.41) is 0. The molecule has 0 spiro atoms. The third kappa shape index (κ3) is 10.0. The van der Waals surface area contributed by atoms with E-state index in [1.165, 1.54) is 24.3 Å². The Kier molecular flexibility index (Phi) is 15.9. The minimum absolute atomic E-state index is 0. The predicted octanol–water partition coefficient (Wildman–Crippen LogP) is 2.16. The molecule has 0 saturated carbocycles. The summed E-state index contributed by atoms with van der Waals surface area (Å²) in [7, 11) is 0. The van der Waals surface area contributed by atoms with Crippen molar-refractivity contribution in [3.8, 4) is 0 Å². The van der Waals surface area contributed by atoms with E-state index in [2.05, 4.69) is 25.6 Å². The van der Waals surface area contributed by atoms with Crippen LogP contribution in [0.1, 0.15) is 26.7 Å². The average Bonchev–Trinajstić information content (AvgIpc) is 1.69. The smallest absolute Gasteiger partial charge is 0 e. The maximum absolute atomic E-state index is 2.22. The van der Waals surface area contributed by atoms with E-state index in [0.29, 0.717) is 0 Å². The molecule has 0 aromatic rings. The monoisotopic (exact) mass is 125 g/mol. The molecule has 45 valence electrons. The summed E-state index contributed by atoms with van der Waals surface area (Å²) in [6, 6.07) is 0. The Bertz CT molecular complexity index is 27.7. The molecule has 0 amide bonds. The van der Waals surface area contributed by atoms with Gasteiger partial charge in [0.05, 0.1) is 0 Å². The summed E-state index contributed by atoms with van der Waals surface area (Å²) in [4.78, 5) is 0. The van der Waals surface area contributed by atoms with Gasteiger partial charge in [-0.15, -0.1) is 0 Å². The van der Waals surface area contributed by atoms with Gasteiger partial charge in [0.25, 0.3) is 0 Å². The minimum atomic E-state index is 0. The Morgan fingerprint density at radius 1 is 1.00 bits per heavy atom. The Balaban J connectivity index is 0. The van der Waals surface area contributed by atoms with Crippen molar-refractivity contribution in [1.82, 2.24) is 0 Å². The van der Waals surface area contributed by atoms with Gasteiger partial charge in [0, 0.05) is 18.9 Å². The van der Waals surface area contributed by atoms with Crippen molar-refractivity contribution in [2.45, 2.75) is 26.7 Å². The van der Waals surface area contributed by atoms with E-state index < -0.39 is 0 Å². The molecule has 0 heterocycles. The quantitative estimate of drug-likeness (QED) is 0.410. The van der Waals surface area contributed by atoms with E-state index in [1.807, 2.05) is 0 Å². The fraction of sp³-hybridized carbons (Fsp3) is 1.00. The van der Waals surface area contributed by atoms with Crippen molar-refractivity contribution in [1.29, 1.82) is 0 Å². The summed E-state index contributed by atoms with van der Waals surface area (Å²) in [6.45, 7) is 4.45. The zero-order chi connectivity index (χ0) is 5.54. The van der Waals surface area contributed by atoms with Crippen LogP contribution in [0.25, 0.3) is 0 Å². The largest absolute Gasteiger partial charge is 0.162 e. The van der Waals surface area contributed by atoms with Gasteiger partial charge in [-0.25, -0.2) is 0 Å². The molecule has 1 radical (unpaired) electrons. The molecule has 8 heavy (non-hydrogen) atoms. The molecule has 0 fully saturated rings. The average molecular weight is 125 g/mol. The van der Waals surface area contributed by atoms with Crippen LogP contribution in [0.4, 0.5) is 0 Å². The van der Waals surface area contributed by atoms with Crippen LogP contribution < -0.4 is 0 Å². The maximum atomic E-state index is 2.22. The molecule has 0 saturated heterocycles.